The molecule has 18 heteroatoms. The number of esters is 1. The molecule has 3 heterocycles. The lowest BCUT2D eigenvalue weighted by Gasteiger charge is -2.48. The van der Waals surface area contributed by atoms with Gasteiger partial charge in [0.1, 0.15) is 55.4 Å². The molecule has 16 nitrogen and oxygen atoms in total. The third-order valence-corrected chi connectivity index (χ3v) is 11.8. The van der Waals surface area contributed by atoms with Crippen LogP contribution in [0.15, 0.2) is 24.3 Å². The maximum atomic E-state index is 12.8. The minimum atomic E-state index is -1.74. The normalized spacial score (nSPS) is 33.3. The number of hydrogen-bond acceptors (Lipinski definition) is 17. The van der Waals surface area contributed by atoms with Crippen LogP contribution in [0.5, 0.6) is 0 Å². The molecule has 1 aromatic carbocycles. The first-order chi connectivity index (χ1) is 24.7. The number of nitrogens with zero attached hydrogens (tertiary/aromatic N) is 1. The number of aliphatic hydroxyl groups excluding tert-OH is 6. The molecule has 0 saturated carbocycles. The number of amides is 1. The van der Waals surface area contributed by atoms with E-state index in [4.69, 9.17) is 28.4 Å². The van der Waals surface area contributed by atoms with Crippen LogP contribution in [0.2, 0.25) is 0 Å². The van der Waals surface area contributed by atoms with Crippen LogP contribution in [-0.2, 0) is 38.0 Å². The van der Waals surface area contributed by atoms with Crippen molar-refractivity contribution in [1.29, 1.82) is 5.26 Å². The van der Waals surface area contributed by atoms with Crippen LogP contribution in [0.25, 0.3) is 0 Å². The Hall–Kier alpha value is -2.09. The van der Waals surface area contributed by atoms with Crippen molar-refractivity contribution in [3.05, 3.63) is 35.4 Å². The molecule has 0 aliphatic carbocycles. The molecule has 13 atom stereocenters. The number of carbonyl (C=O) groups excluding carboxylic acids is 2. The Morgan fingerprint density at radius 2 is 1.63 bits per heavy atom. The summed E-state index contributed by atoms with van der Waals surface area (Å²) in [6.45, 7) is 4.88. The average molecular weight is 775 g/mol. The Morgan fingerprint density at radius 1 is 0.981 bits per heavy atom. The molecule has 0 spiro atoms. The fourth-order valence-corrected chi connectivity index (χ4v) is 7.94. The minimum Gasteiger partial charge on any atom is -0.465 e. The topological polar surface area (TPSA) is 247 Å². The maximum Gasteiger partial charge on any atom is 0.308 e. The highest BCUT2D eigenvalue weighted by Gasteiger charge is 2.52. The van der Waals surface area contributed by atoms with E-state index in [9.17, 15) is 45.5 Å². The maximum absolute atomic E-state index is 12.8. The van der Waals surface area contributed by atoms with E-state index in [0.29, 0.717) is 29.9 Å². The van der Waals surface area contributed by atoms with Crippen LogP contribution >= 0.6 is 21.6 Å². The van der Waals surface area contributed by atoms with Crippen molar-refractivity contribution in [2.45, 2.75) is 107 Å². The van der Waals surface area contributed by atoms with E-state index >= 15 is 0 Å². The van der Waals surface area contributed by atoms with Gasteiger partial charge in [-0.3, -0.25) is 9.59 Å². The average Bonchev–Trinajstić information content (AvgIpc) is 3.15. The van der Waals surface area contributed by atoms with Crippen LogP contribution in [0.4, 0.5) is 0 Å². The van der Waals surface area contributed by atoms with Crippen molar-refractivity contribution in [3.63, 3.8) is 0 Å². The van der Waals surface area contributed by atoms with Gasteiger partial charge in [0, 0.05) is 36.5 Å². The molecule has 0 aromatic heterocycles. The molecule has 292 valence electrons. The monoisotopic (exact) mass is 774 g/mol. The lowest BCUT2D eigenvalue weighted by Crippen LogP contribution is -2.65. The largest absolute Gasteiger partial charge is 0.465 e. The zero-order chi connectivity index (χ0) is 38.2. The Labute approximate surface area is 310 Å². The van der Waals surface area contributed by atoms with Gasteiger partial charge in [-0.15, -0.1) is 0 Å². The summed E-state index contributed by atoms with van der Waals surface area (Å²) in [7, 11) is 4.66. The van der Waals surface area contributed by atoms with Crippen molar-refractivity contribution in [2.75, 3.05) is 38.4 Å². The molecule has 0 radical (unpaired) electrons. The molecule has 1 aromatic rings. The van der Waals surface area contributed by atoms with Gasteiger partial charge < -0.3 is 64.4 Å². The first-order valence-electron chi connectivity index (χ1n) is 17.1. The lowest BCUT2D eigenvalue weighted by atomic mass is 9.72. The quantitative estimate of drug-likeness (QED) is 0.0668. The summed E-state index contributed by atoms with van der Waals surface area (Å²) in [5.41, 5.74) is 0.582. The number of nitriles is 1. The Balaban J connectivity index is 1.32. The SMILES string of the molecule is CNC(=O)CCSSCCOC(=O)C(C)CC(c1ccc(C2OC[C@H]3O[C@H](O[C@H]4O[C@H](CO)[C@@H](O)[C@H](O)[C@H]4O)[C@H](O)[C@@H](O)[C@@H]3O2)cc1)C(C)(C)C#N. The van der Waals surface area contributed by atoms with Crippen LogP contribution in [-0.4, -0.2) is 142 Å². The van der Waals surface area contributed by atoms with Crippen LogP contribution in [0.1, 0.15) is 56.9 Å². The number of carbonyl (C=O) groups is 2. The van der Waals surface area contributed by atoms with Crippen molar-refractivity contribution in [2.24, 2.45) is 11.3 Å². The molecular formula is C34H50N2O14S2. The van der Waals surface area contributed by atoms with Gasteiger partial charge >= 0.3 is 5.97 Å². The first kappa shape index (κ1) is 42.6. The molecule has 3 aliphatic rings. The number of rotatable bonds is 16. The molecule has 52 heavy (non-hydrogen) atoms. The van der Waals surface area contributed by atoms with Gasteiger partial charge in [0.05, 0.1) is 30.6 Å². The van der Waals surface area contributed by atoms with E-state index in [-0.39, 0.29) is 31.0 Å². The van der Waals surface area contributed by atoms with Crippen molar-refractivity contribution >= 4 is 33.5 Å². The number of benzene rings is 1. The number of hydrogen-bond donors (Lipinski definition) is 7. The Bertz CT molecular complexity index is 1350. The van der Waals surface area contributed by atoms with Crippen LogP contribution in [0.3, 0.4) is 0 Å². The fourth-order valence-electron chi connectivity index (χ4n) is 6.13. The number of fused-ring (bicyclic) bond motifs is 1. The number of aliphatic hydroxyl groups is 6. The Morgan fingerprint density at radius 3 is 2.29 bits per heavy atom. The van der Waals surface area contributed by atoms with Crippen LogP contribution < -0.4 is 5.32 Å². The molecule has 4 rings (SSSR count). The van der Waals surface area contributed by atoms with Crippen LogP contribution in [0, 0.1) is 22.7 Å². The summed E-state index contributed by atoms with van der Waals surface area (Å²) in [5.74, 6) is 0.0368. The fraction of sp³-hybridized carbons (Fsp3) is 0.735. The van der Waals surface area contributed by atoms with E-state index in [1.165, 1.54) is 21.6 Å². The summed E-state index contributed by atoms with van der Waals surface area (Å²) >= 11 is 0. The third-order valence-electron chi connectivity index (χ3n) is 9.40. The molecule has 3 aliphatic heterocycles. The molecule has 3 unspecified atom stereocenters. The van der Waals surface area contributed by atoms with Gasteiger partial charge in [-0.25, -0.2) is 0 Å². The summed E-state index contributed by atoms with van der Waals surface area (Å²) in [6.07, 6.45) is -14.7. The molecular weight excluding hydrogens is 725 g/mol. The molecule has 0 bridgehead atoms. The van der Waals surface area contributed by atoms with Crippen molar-refractivity contribution < 1.29 is 68.6 Å². The molecule has 1 amide bonds. The second kappa shape index (κ2) is 19.5. The van der Waals surface area contributed by atoms with E-state index in [1.807, 2.05) is 26.0 Å². The van der Waals surface area contributed by atoms with E-state index in [2.05, 4.69) is 11.4 Å². The predicted octanol–water partition coefficient (Wildman–Crippen LogP) is 0.0841. The second-order valence-corrected chi connectivity index (χ2v) is 16.2. The highest BCUT2D eigenvalue weighted by molar-refractivity contribution is 8.76. The van der Waals surface area contributed by atoms with Crippen molar-refractivity contribution in [1.82, 2.24) is 5.32 Å². The van der Waals surface area contributed by atoms with Crippen molar-refractivity contribution in [3.8, 4) is 6.07 Å². The van der Waals surface area contributed by atoms with Gasteiger partial charge in [-0.05, 0) is 25.8 Å². The second-order valence-electron chi connectivity index (χ2n) is 13.5. The Kier molecular flexibility index (Phi) is 16.0. The van der Waals surface area contributed by atoms with Gasteiger partial charge in [0.15, 0.2) is 18.9 Å². The van der Waals surface area contributed by atoms with E-state index < -0.39 is 85.6 Å². The van der Waals surface area contributed by atoms with Gasteiger partial charge in [-0.1, -0.05) is 52.8 Å². The zero-order valence-corrected chi connectivity index (χ0v) is 31.1. The highest BCUT2D eigenvalue weighted by Crippen LogP contribution is 2.41. The molecule has 7 N–H and O–H groups in total. The molecule has 3 fully saturated rings. The van der Waals surface area contributed by atoms with Gasteiger partial charge in [0.25, 0.3) is 0 Å². The zero-order valence-electron chi connectivity index (χ0n) is 29.5. The number of ether oxygens (including phenoxy) is 6. The summed E-state index contributed by atoms with van der Waals surface area (Å²) in [4.78, 5) is 24.2. The summed E-state index contributed by atoms with van der Waals surface area (Å²) in [5, 5.41) is 74.2. The van der Waals surface area contributed by atoms with E-state index in [1.54, 1.807) is 26.1 Å². The minimum absolute atomic E-state index is 0.0251. The number of nitrogens with one attached hydrogen (secondary N) is 1. The van der Waals surface area contributed by atoms with Gasteiger partial charge in [0.2, 0.25) is 5.91 Å². The third kappa shape index (κ3) is 10.6. The smallest absolute Gasteiger partial charge is 0.308 e. The highest BCUT2D eigenvalue weighted by atomic mass is 33.1. The molecule has 3 saturated heterocycles. The van der Waals surface area contributed by atoms with E-state index in [0.717, 1.165) is 5.56 Å². The van der Waals surface area contributed by atoms with Gasteiger partial charge in [-0.2, -0.15) is 5.26 Å². The summed E-state index contributed by atoms with van der Waals surface area (Å²) in [6, 6.07) is 9.55. The summed E-state index contributed by atoms with van der Waals surface area (Å²) < 4.78 is 34.1. The first-order valence-corrected chi connectivity index (χ1v) is 19.6. The predicted molar refractivity (Wildman–Crippen MR) is 186 cm³/mol. The lowest BCUT2D eigenvalue weighted by molar-refractivity contribution is -0.399. The standard InChI is InChI=1S/C34H50N2O14S2/c1-17(30(44)45-10-12-52-51-11-9-23(38)36-4)13-20(34(2,3)16-35)18-5-7-19(8-6-18)31-46-15-22-29(49-31)26(41)28(43)33(48-22)50-32-27(42)25(40)24(39)21(14-37)47-32/h5-8,17,20-22,24-29,31-33,37,39-43H,9-15H2,1-4H3,(H,36,38)/t17?,20?,21-,22-,24-,25+,26-,27-,28-,29-,31?,32-,33-/m1/s1.